The standard InChI is InChI=1S/C17H24N4O4/c1-6-7-10-8-12-14(25-17(2,3)21(12)16(22)18-10)11-9-13(23-4)20-15(19-11)24-5/h6,9-10,12,14H,1,7-8H2,2-5H3,(H,18,22)/t10-,12-,14-/m1/s1. The van der Waals surface area contributed by atoms with Crippen molar-refractivity contribution in [3.05, 3.63) is 24.4 Å². The Morgan fingerprint density at radius 3 is 2.84 bits per heavy atom. The largest absolute Gasteiger partial charge is 0.481 e. The van der Waals surface area contributed by atoms with Gasteiger partial charge in [-0.05, 0) is 26.7 Å². The summed E-state index contributed by atoms with van der Waals surface area (Å²) in [5, 5.41) is 3.02. The topological polar surface area (TPSA) is 85.8 Å². The van der Waals surface area contributed by atoms with E-state index in [1.165, 1.54) is 14.2 Å². The van der Waals surface area contributed by atoms with E-state index in [2.05, 4.69) is 21.9 Å². The van der Waals surface area contributed by atoms with Crippen molar-refractivity contribution in [3.63, 3.8) is 0 Å². The first-order valence-corrected chi connectivity index (χ1v) is 8.25. The predicted molar refractivity (Wildman–Crippen MR) is 90.4 cm³/mol. The molecular formula is C17H24N4O4. The summed E-state index contributed by atoms with van der Waals surface area (Å²) < 4.78 is 16.6. The first-order valence-electron chi connectivity index (χ1n) is 8.25. The second-order valence-corrected chi connectivity index (χ2v) is 6.65. The molecule has 1 aromatic rings. The van der Waals surface area contributed by atoms with Crippen LogP contribution in [0.25, 0.3) is 0 Å². The van der Waals surface area contributed by atoms with E-state index >= 15 is 0 Å². The number of carbonyl (C=O) groups excluding carboxylic acids is 1. The number of nitrogens with zero attached hydrogens (tertiary/aromatic N) is 3. The minimum absolute atomic E-state index is 0.0249. The average Bonchev–Trinajstić information content (AvgIpc) is 2.86. The van der Waals surface area contributed by atoms with Crippen molar-refractivity contribution in [2.75, 3.05) is 14.2 Å². The number of nitrogens with one attached hydrogen (secondary N) is 1. The number of fused-ring (bicyclic) bond motifs is 1. The molecule has 1 N–H and O–H groups in total. The summed E-state index contributed by atoms with van der Waals surface area (Å²) in [6.07, 6.45) is 2.87. The maximum absolute atomic E-state index is 12.6. The molecule has 2 saturated heterocycles. The maximum atomic E-state index is 12.6. The second kappa shape index (κ2) is 6.51. The summed E-state index contributed by atoms with van der Waals surface area (Å²) in [5.74, 6) is 0.393. The predicted octanol–water partition coefficient (Wildman–Crippen LogP) is 2.03. The van der Waals surface area contributed by atoms with Crippen molar-refractivity contribution < 1.29 is 19.0 Å². The highest BCUT2D eigenvalue weighted by Crippen LogP contribution is 2.44. The van der Waals surface area contributed by atoms with Gasteiger partial charge in [-0.1, -0.05) is 6.08 Å². The fourth-order valence-corrected chi connectivity index (χ4v) is 3.58. The summed E-state index contributed by atoms with van der Waals surface area (Å²) in [6.45, 7) is 7.52. The Balaban J connectivity index is 1.98. The van der Waals surface area contributed by atoms with Crippen LogP contribution in [0.1, 0.15) is 38.5 Å². The van der Waals surface area contributed by atoms with Crippen molar-refractivity contribution in [1.29, 1.82) is 0 Å². The van der Waals surface area contributed by atoms with Crippen LogP contribution in [-0.2, 0) is 4.74 Å². The van der Waals surface area contributed by atoms with E-state index < -0.39 is 5.72 Å². The van der Waals surface area contributed by atoms with E-state index in [-0.39, 0.29) is 30.2 Å². The van der Waals surface area contributed by atoms with E-state index in [1.54, 1.807) is 11.0 Å². The Morgan fingerprint density at radius 2 is 2.20 bits per heavy atom. The number of ether oxygens (including phenoxy) is 3. The lowest BCUT2D eigenvalue weighted by Gasteiger charge is -2.40. The van der Waals surface area contributed by atoms with Crippen LogP contribution in [0, 0.1) is 0 Å². The molecule has 0 bridgehead atoms. The average molecular weight is 348 g/mol. The minimum atomic E-state index is -0.746. The van der Waals surface area contributed by atoms with Gasteiger partial charge in [-0.2, -0.15) is 9.97 Å². The molecule has 136 valence electrons. The molecule has 0 radical (unpaired) electrons. The SMILES string of the molecule is C=CC[C@@H]1C[C@@H]2[C@@H](c3cc(OC)nc(OC)n3)OC(C)(C)N2C(=O)N1. The molecule has 3 heterocycles. The van der Waals surface area contributed by atoms with E-state index in [0.29, 0.717) is 18.0 Å². The fraction of sp³-hybridized carbons (Fsp3) is 0.588. The van der Waals surface area contributed by atoms with Crippen LogP contribution in [0.4, 0.5) is 4.79 Å². The molecule has 0 aliphatic carbocycles. The van der Waals surface area contributed by atoms with Crippen molar-refractivity contribution >= 4 is 6.03 Å². The van der Waals surface area contributed by atoms with E-state index in [4.69, 9.17) is 14.2 Å². The summed E-state index contributed by atoms with van der Waals surface area (Å²) in [5.41, 5.74) is -0.111. The third-order valence-electron chi connectivity index (χ3n) is 4.59. The second-order valence-electron chi connectivity index (χ2n) is 6.65. The van der Waals surface area contributed by atoms with Crippen LogP contribution in [0.3, 0.4) is 0 Å². The monoisotopic (exact) mass is 348 g/mol. The smallest absolute Gasteiger partial charge is 0.320 e. The van der Waals surface area contributed by atoms with Gasteiger partial charge >= 0.3 is 12.0 Å². The highest BCUT2D eigenvalue weighted by Gasteiger charge is 2.53. The molecular weight excluding hydrogens is 324 g/mol. The van der Waals surface area contributed by atoms with Gasteiger partial charge in [0.15, 0.2) is 0 Å². The minimum Gasteiger partial charge on any atom is -0.481 e. The Bertz CT molecular complexity index is 656. The molecule has 3 rings (SSSR count). The molecule has 0 spiro atoms. The highest BCUT2D eigenvalue weighted by atomic mass is 16.5. The summed E-state index contributed by atoms with van der Waals surface area (Å²) >= 11 is 0. The molecule has 2 aliphatic heterocycles. The number of methoxy groups -OCH3 is 2. The third kappa shape index (κ3) is 3.13. The van der Waals surface area contributed by atoms with Gasteiger partial charge in [-0.15, -0.1) is 6.58 Å². The Labute approximate surface area is 147 Å². The molecule has 25 heavy (non-hydrogen) atoms. The molecule has 3 atom stereocenters. The molecule has 2 aliphatic rings. The first kappa shape index (κ1) is 17.5. The zero-order valence-corrected chi connectivity index (χ0v) is 15.0. The molecule has 2 fully saturated rings. The van der Waals surface area contributed by atoms with Crippen molar-refractivity contribution in [1.82, 2.24) is 20.2 Å². The van der Waals surface area contributed by atoms with Crippen LogP contribution >= 0.6 is 0 Å². The summed E-state index contributed by atoms with van der Waals surface area (Å²) in [4.78, 5) is 22.9. The van der Waals surface area contributed by atoms with Crippen molar-refractivity contribution in [3.8, 4) is 11.9 Å². The molecule has 1 aromatic heterocycles. The summed E-state index contributed by atoms with van der Waals surface area (Å²) in [6, 6.07) is 1.68. The molecule has 0 aromatic carbocycles. The van der Waals surface area contributed by atoms with Crippen LogP contribution < -0.4 is 14.8 Å². The molecule has 8 heteroatoms. The van der Waals surface area contributed by atoms with Crippen LogP contribution in [-0.4, -0.2) is 52.9 Å². The van der Waals surface area contributed by atoms with Gasteiger partial charge in [-0.3, -0.25) is 4.90 Å². The molecule has 0 saturated carbocycles. The van der Waals surface area contributed by atoms with Gasteiger partial charge in [0, 0.05) is 12.1 Å². The van der Waals surface area contributed by atoms with Crippen LogP contribution in [0.15, 0.2) is 18.7 Å². The Morgan fingerprint density at radius 1 is 1.44 bits per heavy atom. The third-order valence-corrected chi connectivity index (χ3v) is 4.59. The lowest BCUT2D eigenvalue weighted by molar-refractivity contribution is -0.0632. The van der Waals surface area contributed by atoms with Gasteiger partial charge < -0.3 is 19.5 Å². The Kier molecular flexibility index (Phi) is 4.55. The zero-order valence-electron chi connectivity index (χ0n) is 15.0. The molecule has 0 unspecified atom stereocenters. The Hall–Kier alpha value is -2.35. The lowest BCUT2D eigenvalue weighted by atomic mass is 9.94. The van der Waals surface area contributed by atoms with Crippen LogP contribution in [0.2, 0.25) is 0 Å². The quantitative estimate of drug-likeness (QED) is 0.820. The normalized spacial score (nSPS) is 27.4. The molecule has 8 nitrogen and oxygen atoms in total. The number of carbonyl (C=O) groups is 1. The van der Waals surface area contributed by atoms with Gasteiger partial charge in [-0.25, -0.2) is 4.79 Å². The molecule has 2 amide bonds. The fourth-order valence-electron chi connectivity index (χ4n) is 3.58. The van der Waals surface area contributed by atoms with E-state index in [0.717, 1.165) is 6.42 Å². The first-order chi connectivity index (χ1) is 11.9. The number of urea groups is 1. The van der Waals surface area contributed by atoms with Crippen molar-refractivity contribution in [2.45, 2.75) is 50.6 Å². The summed E-state index contributed by atoms with van der Waals surface area (Å²) in [7, 11) is 3.03. The number of aromatic nitrogens is 2. The van der Waals surface area contributed by atoms with Crippen LogP contribution in [0.5, 0.6) is 11.9 Å². The number of rotatable bonds is 5. The zero-order chi connectivity index (χ0) is 18.2. The van der Waals surface area contributed by atoms with Crippen molar-refractivity contribution in [2.24, 2.45) is 0 Å². The highest BCUT2D eigenvalue weighted by molar-refractivity contribution is 5.77. The van der Waals surface area contributed by atoms with Gasteiger partial charge in [0.2, 0.25) is 5.88 Å². The van der Waals surface area contributed by atoms with E-state index in [9.17, 15) is 4.79 Å². The van der Waals surface area contributed by atoms with Gasteiger partial charge in [0.1, 0.15) is 11.8 Å². The van der Waals surface area contributed by atoms with E-state index in [1.807, 2.05) is 19.9 Å². The lowest BCUT2D eigenvalue weighted by Crippen LogP contribution is -2.59. The number of hydrogen-bond acceptors (Lipinski definition) is 6. The number of hydrogen-bond donors (Lipinski definition) is 1. The van der Waals surface area contributed by atoms with Gasteiger partial charge in [0.05, 0.1) is 26.0 Å². The van der Waals surface area contributed by atoms with Gasteiger partial charge in [0.25, 0.3) is 0 Å². The maximum Gasteiger partial charge on any atom is 0.320 e. The number of amides is 2.